The molecule has 1 rings (SSSR count). The molecule has 0 fully saturated rings. The van der Waals surface area contributed by atoms with Gasteiger partial charge in [-0.1, -0.05) is 0 Å². The molecule has 0 saturated carbocycles. The van der Waals surface area contributed by atoms with Gasteiger partial charge < -0.3 is 14.7 Å². The summed E-state index contributed by atoms with van der Waals surface area (Å²) in [5.41, 5.74) is -0.136. The van der Waals surface area contributed by atoms with Gasteiger partial charge in [0.1, 0.15) is 5.00 Å². The number of rotatable bonds is 3. The Morgan fingerprint density at radius 2 is 2.12 bits per heavy atom. The summed E-state index contributed by atoms with van der Waals surface area (Å²) in [6.07, 6.45) is 0. The summed E-state index contributed by atoms with van der Waals surface area (Å²) in [4.78, 5) is 23.6. The zero-order valence-corrected chi connectivity index (χ0v) is 9.79. The quantitative estimate of drug-likeness (QED) is 0.827. The number of carbonyl (C=O) groups is 2. The second-order valence-corrected chi connectivity index (χ2v) is 3.80. The topological polar surface area (TPSA) is 91.8 Å². The average molecular weight is 245 g/mol. The molecule has 0 spiro atoms. The zero-order valence-electron chi connectivity index (χ0n) is 8.97. The van der Waals surface area contributed by atoms with Crippen LogP contribution in [-0.2, 0) is 0 Å². The standard InChI is InChI=1S/C8H11N3O4S/c1-11(2)8(14)9-6-4(7(12)13)5(15-3)10-16-6/h1-3H3,(H,9,14)(H,12,13). The van der Waals surface area contributed by atoms with E-state index < -0.39 is 12.0 Å². The van der Waals surface area contributed by atoms with Gasteiger partial charge in [-0.3, -0.25) is 5.32 Å². The summed E-state index contributed by atoms with van der Waals surface area (Å²) in [6, 6.07) is -0.422. The molecule has 8 heteroatoms. The van der Waals surface area contributed by atoms with Crippen LogP contribution in [0, 0.1) is 0 Å². The number of aromatic carboxylic acids is 1. The summed E-state index contributed by atoms with van der Waals surface area (Å²) < 4.78 is 8.56. The molecule has 0 aromatic carbocycles. The number of amides is 2. The van der Waals surface area contributed by atoms with Crippen LogP contribution < -0.4 is 10.1 Å². The molecule has 1 aromatic rings. The highest BCUT2D eigenvalue weighted by Crippen LogP contribution is 2.30. The number of urea groups is 1. The highest BCUT2D eigenvalue weighted by atomic mass is 32.1. The van der Waals surface area contributed by atoms with Crippen molar-refractivity contribution in [3.05, 3.63) is 5.56 Å². The molecule has 0 saturated heterocycles. The fourth-order valence-corrected chi connectivity index (χ4v) is 1.64. The molecule has 0 aliphatic rings. The highest BCUT2D eigenvalue weighted by molar-refractivity contribution is 7.11. The normalized spacial score (nSPS) is 9.69. The molecule has 88 valence electrons. The molecule has 1 aromatic heterocycles. The van der Waals surface area contributed by atoms with Gasteiger partial charge in [0.25, 0.3) is 0 Å². The summed E-state index contributed by atoms with van der Waals surface area (Å²) in [5.74, 6) is -1.20. The first-order valence-corrected chi connectivity index (χ1v) is 5.00. The number of methoxy groups -OCH3 is 1. The summed E-state index contributed by atoms with van der Waals surface area (Å²) >= 11 is 0.860. The number of carboxylic acids is 1. The molecule has 7 nitrogen and oxygen atoms in total. The lowest BCUT2D eigenvalue weighted by molar-refractivity contribution is 0.0694. The Morgan fingerprint density at radius 3 is 2.56 bits per heavy atom. The van der Waals surface area contributed by atoms with Gasteiger partial charge in [0, 0.05) is 14.1 Å². The van der Waals surface area contributed by atoms with Gasteiger partial charge in [0.2, 0.25) is 5.88 Å². The number of carbonyl (C=O) groups excluding carboxylic acids is 1. The Bertz CT molecular complexity index is 415. The van der Waals surface area contributed by atoms with Gasteiger partial charge in [-0.15, -0.1) is 0 Å². The molecule has 2 amide bonds. The fourth-order valence-electron chi connectivity index (χ4n) is 0.898. The number of nitrogens with zero attached hydrogens (tertiary/aromatic N) is 2. The molecule has 0 radical (unpaired) electrons. The number of carboxylic acid groups (broad SMARTS) is 1. The SMILES string of the molecule is COc1nsc(NC(=O)N(C)C)c1C(=O)O. The first kappa shape index (κ1) is 12.2. The van der Waals surface area contributed by atoms with E-state index in [1.54, 1.807) is 14.1 Å². The van der Waals surface area contributed by atoms with E-state index in [1.807, 2.05) is 0 Å². The van der Waals surface area contributed by atoms with Gasteiger partial charge in [-0.2, -0.15) is 4.37 Å². The lowest BCUT2D eigenvalue weighted by Gasteiger charge is -2.10. The maximum atomic E-state index is 11.3. The number of hydrogen-bond acceptors (Lipinski definition) is 5. The highest BCUT2D eigenvalue weighted by Gasteiger charge is 2.22. The van der Waals surface area contributed by atoms with Crippen LogP contribution in [0.4, 0.5) is 9.80 Å². The lowest BCUT2D eigenvalue weighted by atomic mass is 10.3. The molecule has 2 N–H and O–H groups in total. The third kappa shape index (κ3) is 2.40. The smallest absolute Gasteiger partial charge is 0.344 e. The van der Waals surface area contributed by atoms with Gasteiger partial charge in [0.05, 0.1) is 7.11 Å². The Morgan fingerprint density at radius 1 is 1.50 bits per heavy atom. The number of nitrogens with one attached hydrogen (secondary N) is 1. The number of anilines is 1. The van der Waals surface area contributed by atoms with E-state index in [-0.39, 0.29) is 16.4 Å². The van der Waals surface area contributed by atoms with Crippen molar-refractivity contribution in [2.45, 2.75) is 0 Å². The first-order chi connectivity index (χ1) is 7.47. The summed E-state index contributed by atoms with van der Waals surface area (Å²) in [6.45, 7) is 0. The first-order valence-electron chi connectivity index (χ1n) is 4.22. The van der Waals surface area contributed by atoms with Gasteiger partial charge >= 0.3 is 12.0 Å². The lowest BCUT2D eigenvalue weighted by Crippen LogP contribution is -2.27. The van der Waals surface area contributed by atoms with Gasteiger partial charge in [0.15, 0.2) is 5.56 Å². The van der Waals surface area contributed by atoms with Crippen molar-refractivity contribution >= 4 is 28.5 Å². The monoisotopic (exact) mass is 245 g/mol. The zero-order chi connectivity index (χ0) is 12.3. The molecular weight excluding hydrogens is 234 g/mol. The van der Waals surface area contributed by atoms with Crippen molar-refractivity contribution in [1.29, 1.82) is 0 Å². The maximum absolute atomic E-state index is 11.3. The van der Waals surface area contributed by atoms with Crippen molar-refractivity contribution < 1.29 is 19.4 Å². The predicted molar refractivity (Wildman–Crippen MR) is 58.3 cm³/mol. The van der Waals surface area contributed by atoms with Crippen molar-refractivity contribution in [1.82, 2.24) is 9.27 Å². The van der Waals surface area contributed by atoms with Gasteiger partial charge in [-0.05, 0) is 11.5 Å². The van der Waals surface area contributed by atoms with Crippen molar-refractivity contribution in [2.75, 3.05) is 26.5 Å². The van der Waals surface area contributed by atoms with E-state index in [4.69, 9.17) is 9.84 Å². The van der Waals surface area contributed by atoms with Gasteiger partial charge in [-0.25, -0.2) is 9.59 Å². The van der Waals surface area contributed by atoms with Crippen LogP contribution in [0.1, 0.15) is 10.4 Å². The van der Waals surface area contributed by atoms with E-state index in [0.29, 0.717) is 0 Å². The molecule has 0 aliphatic heterocycles. The molecule has 0 bridgehead atoms. The fraction of sp³-hybridized carbons (Fsp3) is 0.375. The van der Waals surface area contributed by atoms with E-state index >= 15 is 0 Å². The minimum Gasteiger partial charge on any atom is -0.480 e. The number of hydrogen-bond donors (Lipinski definition) is 2. The van der Waals surface area contributed by atoms with Crippen LogP contribution in [0.5, 0.6) is 5.88 Å². The molecule has 1 heterocycles. The van der Waals surface area contributed by atoms with Crippen LogP contribution >= 0.6 is 11.5 Å². The minimum absolute atomic E-state index is 0.00782. The average Bonchev–Trinajstić information content (AvgIpc) is 2.60. The Balaban J connectivity index is 3.01. The van der Waals surface area contributed by atoms with E-state index in [2.05, 4.69) is 9.69 Å². The largest absolute Gasteiger partial charge is 0.480 e. The molecule has 16 heavy (non-hydrogen) atoms. The van der Waals surface area contributed by atoms with E-state index in [9.17, 15) is 9.59 Å². The van der Waals surface area contributed by atoms with E-state index in [0.717, 1.165) is 11.5 Å². The van der Waals surface area contributed by atoms with Crippen LogP contribution in [0.25, 0.3) is 0 Å². The Kier molecular flexibility index (Phi) is 3.67. The number of aromatic nitrogens is 1. The Hall–Kier alpha value is -1.83. The van der Waals surface area contributed by atoms with Crippen LogP contribution in [0.15, 0.2) is 0 Å². The van der Waals surface area contributed by atoms with Crippen LogP contribution in [0.3, 0.4) is 0 Å². The molecule has 0 unspecified atom stereocenters. The number of ether oxygens (including phenoxy) is 1. The second kappa shape index (κ2) is 4.79. The van der Waals surface area contributed by atoms with Crippen LogP contribution in [-0.4, -0.2) is 47.6 Å². The third-order valence-electron chi connectivity index (χ3n) is 1.69. The minimum atomic E-state index is -1.19. The van der Waals surface area contributed by atoms with E-state index in [1.165, 1.54) is 12.0 Å². The maximum Gasteiger partial charge on any atom is 0.344 e. The van der Waals surface area contributed by atoms with Crippen molar-refractivity contribution in [3.63, 3.8) is 0 Å². The second-order valence-electron chi connectivity index (χ2n) is 3.03. The molecule has 0 atom stereocenters. The van der Waals surface area contributed by atoms with Crippen molar-refractivity contribution in [3.8, 4) is 5.88 Å². The Labute approximate surface area is 95.8 Å². The van der Waals surface area contributed by atoms with Crippen LogP contribution in [0.2, 0.25) is 0 Å². The molecule has 0 aliphatic carbocycles. The third-order valence-corrected chi connectivity index (χ3v) is 2.44. The predicted octanol–water partition coefficient (Wildman–Crippen LogP) is 0.943. The molecular formula is C8H11N3O4S. The summed E-state index contributed by atoms with van der Waals surface area (Å²) in [7, 11) is 4.42. The summed E-state index contributed by atoms with van der Waals surface area (Å²) in [5, 5.41) is 11.5. The van der Waals surface area contributed by atoms with Crippen molar-refractivity contribution in [2.24, 2.45) is 0 Å².